The Hall–Kier alpha value is -0.249. The lowest BCUT2D eigenvalue weighted by molar-refractivity contribution is 0.0704. The molecule has 0 bridgehead atoms. The Morgan fingerprint density at radius 2 is 1.33 bits per heavy atom. The quantitative estimate of drug-likeness (QED) is 0.123. The molecule has 0 spiro atoms. The van der Waals surface area contributed by atoms with E-state index in [1.165, 1.54) is 80.6 Å². The summed E-state index contributed by atoms with van der Waals surface area (Å²) in [5.74, 6) is 2.31. The van der Waals surface area contributed by atoms with Gasteiger partial charge in [0.1, 0.15) is 0 Å². The molecule has 0 aromatic heterocycles. The molecule has 0 aromatic carbocycles. The van der Waals surface area contributed by atoms with Crippen molar-refractivity contribution in [2.24, 2.45) is 23.2 Å². The van der Waals surface area contributed by atoms with Gasteiger partial charge in [0.25, 0.3) is 0 Å². The molecule has 0 amide bonds. The third kappa shape index (κ3) is 10.7. The van der Waals surface area contributed by atoms with Gasteiger partial charge in [-0.1, -0.05) is 119 Å². The minimum absolute atomic E-state index is 0.000714. The van der Waals surface area contributed by atoms with E-state index < -0.39 is 25.0 Å². The maximum atomic E-state index is 7.13. The van der Waals surface area contributed by atoms with Crippen LogP contribution < -0.4 is 0 Å². The molecule has 0 radical (unpaired) electrons. The van der Waals surface area contributed by atoms with Crippen LogP contribution in [0.5, 0.6) is 0 Å². The lowest BCUT2D eigenvalue weighted by Gasteiger charge is -2.46. The molecule has 0 aliphatic heterocycles. The highest BCUT2D eigenvalue weighted by atomic mass is 28.4. The van der Waals surface area contributed by atoms with Gasteiger partial charge >= 0.3 is 0 Å². The minimum atomic E-state index is -1.98. The Kier molecular flexibility index (Phi) is 14.9. The zero-order valence-corrected chi connectivity index (χ0v) is 40.2. The lowest BCUT2D eigenvalue weighted by Crippen LogP contribution is -2.49. The third-order valence-corrected chi connectivity index (χ3v) is 29.2. The summed E-state index contributed by atoms with van der Waals surface area (Å²) in [6.45, 7) is 45.3. The van der Waals surface area contributed by atoms with Crippen molar-refractivity contribution in [3.8, 4) is 0 Å². The smallest absolute Gasteiger partial charge is 0.192 e. The van der Waals surface area contributed by atoms with Gasteiger partial charge < -0.3 is 13.3 Å². The van der Waals surface area contributed by atoms with E-state index >= 15 is 0 Å². The minimum Gasteiger partial charge on any atom is -0.412 e. The fraction of sp³-hybridized carbons (Fsp3) is 0.867. The van der Waals surface area contributed by atoms with Crippen molar-refractivity contribution in [2.75, 3.05) is 0 Å². The van der Waals surface area contributed by atoms with E-state index in [2.05, 4.69) is 135 Å². The normalized spacial score (nSPS) is 28.7. The van der Waals surface area contributed by atoms with Gasteiger partial charge in [0.05, 0.1) is 17.8 Å². The molecule has 0 saturated heterocycles. The Morgan fingerprint density at radius 1 is 0.824 bits per heavy atom. The summed E-state index contributed by atoms with van der Waals surface area (Å²) in [7, 11) is -5.55. The molecule has 3 nitrogen and oxygen atoms in total. The molecule has 0 aromatic rings. The van der Waals surface area contributed by atoms with Gasteiger partial charge in [-0.3, -0.25) is 0 Å². The fourth-order valence-corrected chi connectivity index (χ4v) is 15.4. The molecule has 3 rings (SSSR count). The molecule has 0 N–H and O–H groups in total. The van der Waals surface area contributed by atoms with Crippen LogP contribution >= 0.6 is 0 Å². The largest absolute Gasteiger partial charge is 0.412 e. The molecule has 3 saturated carbocycles. The van der Waals surface area contributed by atoms with Gasteiger partial charge in [0.2, 0.25) is 0 Å². The third-order valence-electron chi connectivity index (χ3n) is 15.3. The van der Waals surface area contributed by atoms with Crippen LogP contribution in [0.3, 0.4) is 0 Å². The molecule has 296 valence electrons. The van der Waals surface area contributed by atoms with E-state index in [1.54, 1.807) is 5.57 Å². The monoisotopic (exact) mass is 759 g/mol. The predicted octanol–water partition coefficient (Wildman–Crippen LogP) is 14.8. The van der Waals surface area contributed by atoms with Crippen molar-refractivity contribution in [3.63, 3.8) is 0 Å². The average Bonchev–Trinajstić information content (AvgIpc) is 3.37. The van der Waals surface area contributed by atoms with Crippen LogP contribution in [0.4, 0.5) is 0 Å². The summed E-state index contributed by atoms with van der Waals surface area (Å²) in [6, 6.07) is 3.71. The van der Waals surface area contributed by atoms with Crippen LogP contribution in [0.2, 0.25) is 54.4 Å². The molecule has 3 fully saturated rings. The predicted molar refractivity (Wildman–Crippen MR) is 232 cm³/mol. The van der Waals surface area contributed by atoms with E-state index in [0.29, 0.717) is 5.41 Å². The molecule has 6 atom stereocenters. The number of hydrogen-bond donors (Lipinski definition) is 0. The molecular weight excluding hydrogens is 673 g/mol. The Balaban J connectivity index is 1.78. The summed E-state index contributed by atoms with van der Waals surface area (Å²) in [4.78, 5) is 0. The van der Waals surface area contributed by atoms with Gasteiger partial charge in [0.15, 0.2) is 25.0 Å². The number of fused-ring (bicyclic) bond motifs is 1. The molecule has 3 aliphatic carbocycles. The molecule has 0 unspecified atom stereocenters. The van der Waals surface area contributed by atoms with E-state index in [1.807, 2.05) is 0 Å². The summed E-state index contributed by atoms with van der Waals surface area (Å²) in [6.07, 6.45) is 17.6. The van der Waals surface area contributed by atoms with Gasteiger partial charge in [-0.2, -0.15) is 0 Å². The van der Waals surface area contributed by atoms with Crippen molar-refractivity contribution >= 4 is 25.0 Å². The SMILES string of the molecule is C=C1[C@H](O[Si](C)(C)C(C)(C)C)CC(=C/C=C2\CCC[C@]3(C)[C@@H]([C@H](C)CCCC(C)(C)O[Si](CC)(CC)CC)CC[C@@H]23)C[C@H]1O[Si](C)(C)C(C)(C)C. The van der Waals surface area contributed by atoms with Gasteiger partial charge in [-0.15, -0.1) is 0 Å². The Bertz CT molecular complexity index is 1180. The molecular formula is C45H86O3Si3. The zero-order chi connectivity index (χ0) is 38.8. The summed E-state index contributed by atoms with van der Waals surface area (Å²) < 4.78 is 21.3. The standard InChI is InChI=1S/C45H86O3Si3/c1-19-51(20-2,21-3)48-44(12,13)30-22-24-34(4)38-28-29-39-37(25-23-31-45(38,39)14)27-26-36-32-40(46-49(15,16)42(6,7)8)35(5)41(33-36)47-50(17,18)43(9,10)11/h26-27,34,38-41H,5,19-25,28-33H2,1-4,6-18H3/b37-27+/t34-,38-,39+,40-,41-,45-/m1/s1. The number of allylic oxidation sites excluding steroid dienone is 3. The van der Waals surface area contributed by atoms with Gasteiger partial charge in [-0.05, 0) is 148 Å². The molecule has 3 aliphatic rings. The molecule has 51 heavy (non-hydrogen) atoms. The van der Waals surface area contributed by atoms with Crippen molar-refractivity contribution in [3.05, 3.63) is 35.5 Å². The zero-order valence-electron chi connectivity index (χ0n) is 37.2. The fourth-order valence-electron chi connectivity index (χ4n) is 9.56. The maximum Gasteiger partial charge on any atom is 0.192 e. The van der Waals surface area contributed by atoms with Crippen molar-refractivity contribution < 1.29 is 13.3 Å². The van der Waals surface area contributed by atoms with Crippen LogP contribution in [0.25, 0.3) is 0 Å². The van der Waals surface area contributed by atoms with Crippen LogP contribution in [-0.4, -0.2) is 42.8 Å². The molecule has 0 heterocycles. The first-order valence-corrected chi connectivity index (χ1v) is 29.7. The number of hydrogen-bond acceptors (Lipinski definition) is 3. The van der Waals surface area contributed by atoms with Crippen LogP contribution in [0.15, 0.2) is 35.5 Å². The van der Waals surface area contributed by atoms with Crippen LogP contribution in [-0.2, 0) is 13.3 Å². The first-order chi connectivity index (χ1) is 23.3. The highest BCUT2D eigenvalue weighted by molar-refractivity contribution is 6.74. The number of rotatable bonds is 15. The van der Waals surface area contributed by atoms with Crippen LogP contribution in [0.1, 0.15) is 154 Å². The Labute approximate surface area is 322 Å². The first kappa shape index (κ1) is 45.1. The van der Waals surface area contributed by atoms with Crippen molar-refractivity contribution in [1.29, 1.82) is 0 Å². The first-order valence-electron chi connectivity index (χ1n) is 21.4. The Morgan fingerprint density at radius 3 is 1.80 bits per heavy atom. The second-order valence-electron chi connectivity index (χ2n) is 21.4. The second kappa shape index (κ2) is 16.9. The van der Waals surface area contributed by atoms with Crippen LogP contribution in [0, 0.1) is 23.2 Å². The average molecular weight is 759 g/mol. The molecule has 6 heteroatoms. The summed E-state index contributed by atoms with van der Waals surface area (Å²) in [5, 5.41) is 0.317. The van der Waals surface area contributed by atoms with Crippen molar-refractivity contribution in [1.82, 2.24) is 0 Å². The summed E-state index contributed by atoms with van der Waals surface area (Å²) in [5.41, 5.74) is 4.80. The second-order valence-corrected chi connectivity index (χ2v) is 35.6. The highest BCUT2D eigenvalue weighted by Gasteiger charge is 2.51. The highest BCUT2D eigenvalue weighted by Crippen LogP contribution is 2.60. The topological polar surface area (TPSA) is 27.7 Å². The summed E-state index contributed by atoms with van der Waals surface area (Å²) >= 11 is 0. The van der Waals surface area contributed by atoms with E-state index in [4.69, 9.17) is 13.3 Å². The van der Waals surface area contributed by atoms with Crippen molar-refractivity contribution in [2.45, 2.75) is 226 Å². The van der Waals surface area contributed by atoms with E-state index in [9.17, 15) is 0 Å². The van der Waals surface area contributed by atoms with E-state index in [-0.39, 0.29) is 27.9 Å². The van der Waals surface area contributed by atoms with Gasteiger partial charge in [0, 0.05) is 0 Å². The maximum absolute atomic E-state index is 7.13. The lowest BCUT2D eigenvalue weighted by atomic mass is 9.60. The van der Waals surface area contributed by atoms with E-state index in [0.717, 1.165) is 30.6 Å². The van der Waals surface area contributed by atoms with Gasteiger partial charge in [-0.25, -0.2) is 0 Å².